The summed E-state index contributed by atoms with van der Waals surface area (Å²) < 4.78 is 40.2. The summed E-state index contributed by atoms with van der Waals surface area (Å²) in [5.74, 6) is 1.14. The molecule has 1 N–H and O–H groups in total. The van der Waals surface area contributed by atoms with Gasteiger partial charge in [0.15, 0.2) is 5.60 Å². The second-order valence-corrected chi connectivity index (χ2v) is 10.2. The van der Waals surface area contributed by atoms with Crippen molar-refractivity contribution in [1.29, 1.82) is 0 Å². The summed E-state index contributed by atoms with van der Waals surface area (Å²) in [6.07, 6.45) is 2.25. The Bertz CT molecular complexity index is 684. The summed E-state index contributed by atoms with van der Waals surface area (Å²) in [5, 5.41) is 10.3. The summed E-state index contributed by atoms with van der Waals surface area (Å²) in [6.45, 7) is 6.09. The van der Waals surface area contributed by atoms with Gasteiger partial charge >= 0.3 is 6.18 Å². The van der Waals surface area contributed by atoms with E-state index in [0.717, 1.165) is 32.1 Å². The minimum atomic E-state index is -4.55. The number of halogens is 3. The number of hydrogen-bond acceptors (Lipinski definition) is 2. The highest BCUT2D eigenvalue weighted by molar-refractivity contribution is 5.79. The van der Waals surface area contributed by atoms with E-state index in [9.17, 15) is 23.1 Å². The van der Waals surface area contributed by atoms with Crippen molar-refractivity contribution >= 4 is 5.78 Å². The fraction of sp³-hybridized carbons (Fsp3) is 0.864. The molecule has 0 radical (unpaired) electrons. The maximum Gasteiger partial charge on any atom is 0.417 e. The number of hydrogen-bond donors (Lipinski definition) is 1. The number of allylic oxidation sites excluding steroid dienone is 2. The molecule has 4 aliphatic rings. The van der Waals surface area contributed by atoms with Crippen LogP contribution in [0.3, 0.4) is 0 Å². The molecule has 0 aliphatic heterocycles. The maximum atomic E-state index is 13.4. The van der Waals surface area contributed by atoms with E-state index >= 15 is 0 Å². The number of rotatable bonds is 1. The molecule has 0 aromatic rings. The van der Waals surface area contributed by atoms with Crippen molar-refractivity contribution in [1.82, 2.24) is 0 Å². The molecule has 0 unspecified atom stereocenters. The largest absolute Gasteiger partial charge is 0.417 e. The molecule has 3 fully saturated rings. The van der Waals surface area contributed by atoms with Gasteiger partial charge < -0.3 is 5.11 Å². The van der Waals surface area contributed by atoms with Gasteiger partial charge in [0.05, 0.1) is 0 Å². The van der Waals surface area contributed by atoms with Crippen LogP contribution in [-0.4, -0.2) is 22.7 Å². The first-order chi connectivity index (χ1) is 12.4. The third kappa shape index (κ3) is 2.59. The minimum absolute atomic E-state index is 0.00453. The van der Waals surface area contributed by atoms with Gasteiger partial charge in [-0.25, -0.2) is 0 Å². The van der Waals surface area contributed by atoms with Crippen LogP contribution < -0.4 is 0 Å². The van der Waals surface area contributed by atoms with E-state index in [4.69, 9.17) is 0 Å². The second kappa shape index (κ2) is 5.84. The SMILES string of the molecule is CC(=O)[C@H]1CC[C@H]2[C@@H]3CC[C@@H]4C[C@@](O)(C(F)(F)F)CC[C@]4(C)C3=CC[C@]12C. The molecule has 0 bridgehead atoms. The molecular formula is C22H31F3O2. The molecule has 152 valence electrons. The summed E-state index contributed by atoms with van der Waals surface area (Å²) in [7, 11) is 0. The van der Waals surface area contributed by atoms with Crippen LogP contribution in [0.2, 0.25) is 0 Å². The van der Waals surface area contributed by atoms with Crippen LogP contribution in [0.4, 0.5) is 13.2 Å². The summed E-state index contributed by atoms with van der Waals surface area (Å²) in [6, 6.07) is 0. The van der Waals surface area contributed by atoms with Crippen molar-refractivity contribution < 1.29 is 23.1 Å². The number of carbonyl (C=O) groups excluding carboxylic acids is 1. The van der Waals surface area contributed by atoms with Crippen LogP contribution in [0.25, 0.3) is 0 Å². The molecule has 3 saturated carbocycles. The fourth-order valence-corrected chi connectivity index (χ4v) is 7.44. The number of aliphatic hydroxyl groups is 1. The lowest BCUT2D eigenvalue weighted by Crippen LogP contribution is -2.56. The molecule has 27 heavy (non-hydrogen) atoms. The number of ketones is 1. The van der Waals surface area contributed by atoms with Crippen molar-refractivity contribution in [2.24, 2.45) is 34.5 Å². The van der Waals surface area contributed by atoms with Crippen LogP contribution in [-0.2, 0) is 4.79 Å². The Morgan fingerprint density at radius 2 is 1.85 bits per heavy atom. The predicted octanol–water partition coefficient (Wildman–Crippen LogP) is 5.45. The van der Waals surface area contributed by atoms with Gasteiger partial charge in [-0.2, -0.15) is 13.2 Å². The zero-order valence-electron chi connectivity index (χ0n) is 16.5. The molecule has 0 heterocycles. The van der Waals surface area contributed by atoms with E-state index < -0.39 is 11.8 Å². The van der Waals surface area contributed by atoms with Gasteiger partial charge in [-0.1, -0.05) is 25.5 Å². The molecule has 7 atom stereocenters. The van der Waals surface area contributed by atoms with E-state index in [-0.39, 0.29) is 41.3 Å². The van der Waals surface area contributed by atoms with Crippen molar-refractivity contribution in [2.45, 2.75) is 83.9 Å². The Morgan fingerprint density at radius 1 is 1.15 bits per heavy atom. The van der Waals surface area contributed by atoms with Gasteiger partial charge in [-0.3, -0.25) is 4.79 Å². The van der Waals surface area contributed by atoms with Crippen LogP contribution in [0, 0.1) is 34.5 Å². The monoisotopic (exact) mass is 384 g/mol. The standard InChI is InChI=1S/C22H31F3O2/c1-13(26)16-6-7-17-15-5-4-14-12-21(27,22(23,24)25)11-10-19(14,2)18(15)8-9-20(16,17)3/h8,14-17,27H,4-7,9-12H2,1-3H3/t14-,15+,16-,17+,19+,20-,21-/m1/s1. The number of fused-ring (bicyclic) bond motifs is 5. The van der Waals surface area contributed by atoms with Crippen LogP contribution in [0.15, 0.2) is 11.6 Å². The summed E-state index contributed by atoms with van der Waals surface area (Å²) in [4.78, 5) is 12.2. The normalized spacial score (nSPS) is 49.7. The van der Waals surface area contributed by atoms with Gasteiger partial charge in [0.2, 0.25) is 0 Å². The molecule has 4 rings (SSSR count). The summed E-state index contributed by atoms with van der Waals surface area (Å²) in [5.41, 5.74) is -1.42. The quantitative estimate of drug-likeness (QED) is 0.611. The van der Waals surface area contributed by atoms with E-state index in [1.54, 1.807) is 6.92 Å². The van der Waals surface area contributed by atoms with Crippen molar-refractivity contribution in [3.05, 3.63) is 11.6 Å². The number of alkyl halides is 3. The number of carbonyl (C=O) groups is 1. The molecule has 0 spiro atoms. The third-order valence-electron chi connectivity index (χ3n) is 9.10. The zero-order chi connectivity index (χ0) is 19.8. The lowest BCUT2D eigenvalue weighted by molar-refractivity contribution is -0.282. The van der Waals surface area contributed by atoms with E-state index in [1.807, 2.05) is 0 Å². The molecule has 5 heteroatoms. The first kappa shape index (κ1) is 19.5. The highest BCUT2D eigenvalue weighted by Crippen LogP contribution is 2.66. The van der Waals surface area contributed by atoms with Crippen LogP contribution in [0.1, 0.15) is 72.1 Å². The lowest BCUT2D eigenvalue weighted by Gasteiger charge is -2.58. The van der Waals surface area contributed by atoms with E-state index in [1.165, 1.54) is 5.57 Å². The van der Waals surface area contributed by atoms with Crippen molar-refractivity contribution in [2.75, 3.05) is 0 Å². The Balaban J connectivity index is 1.65. The average Bonchev–Trinajstić information content (AvgIpc) is 2.92. The smallest absolute Gasteiger partial charge is 0.380 e. The topological polar surface area (TPSA) is 37.3 Å². The van der Waals surface area contributed by atoms with Gasteiger partial charge in [0.1, 0.15) is 5.78 Å². The predicted molar refractivity (Wildman–Crippen MR) is 96.9 cm³/mol. The molecule has 4 aliphatic carbocycles. The third-order valence-corrected chi connectivity index (χ3v) is 9.10. The molecule has 0 saturated heterocycles. The maximum absolute atomic E-state index is 13.4. The highest BCUT2D eigenvalue weighted by Gasteiger charge is 2.63. The van der Waals surface area contributed by atoms with E-state index in [2.05, 4.69) is 19.9 Å². The van der Waals surface area contributed by atoms with Gasteiger partial charge in [0, 0.05) is 5.92 Å². The molecular weight excluding hydrogens is 353 g/mol. The molecule has 0 amide bonds. The Kier molecular flexibility index (Phi) is 4.21. The van der Waals surface area contributed by atoms with Crippen molar-refractivity contribution in [3.63, 3.8) is 0 Å². The van der Waals surface area contributed by atoms with Gasteiger partial charge in [-0.15, -0.1) is 0 Å². The average molecular weight is 384 g/mol. The highest BCUT2D eigenvalue weighted by atomic mass is 19.4. The Morgan fingerprint density at radius 3 is 2.48 bits per heavy atom. The van der Waals surface area contributed by atoms with Crippen molar-refractivity contribution in [3.8, 4) is 0 Å². The van der Waals surface area contributed by atoms with Crippen LogP contribution >= 0.6 is 0 Å². The number of Topliss-reactive ketones (excluding diaryl/α,β-unsaturated/α-hetero) is 1. The first-order valence-electron chi connectivity index (χ1n) is 10.4. The van der Waals surface area contributed by atoms with Gasteiger partial charge in [0.25, 0.3) is 0 Å². The second-order valence-electron chi connectivity index (χ2n) is 10.2. The minimum Gasteiger partial charge on any atom is -0.380 e. The Hall–Kier alpha value is -0.840. The van der Waals surface area contributed by atoms with Crippen LogP contribution in [0.5, 0.6) is 0 Å². The van der Waals surface area contributed by atoms with Gasteiger partial charge in [-0.05, 0) is 86.9 Å². The Labute approximate surface area is 159 Å². The first-order valence-corrected chi connectivity index (χ1v) is 10.4. The molecule has 0 aromatic carbocycles. The fourth-order valence-electron chi connectivity index (χ4n) is 7.44. The molecule has 0 aromatic heterocycles. The lowest BCUT2D eigenvalue weighted by atomic mass is 9.47. The zero-order valence-corrected chi connectivity index (χ0v) is 16.5. The summed E-state index contributed by atoms with van der Waals surface area (Å²) >= 11 is 0. The molecule has 2 nitrogen and oxygen atoms in total. The van der Waals surface area contributed by atoms with E-state index in [0.29, 0.717) is 18.3 Å².